The van der Waals surface area contributed by atoms with Crippen LogP contribution in [0.3, 0.4) is 0 Å². The van der Waals surface area contributed by atoms with Crippen molar-refractivity contribution in [1.29, 1.82) is 0 Å². The molecule has 0 spiro atoms. The highest BCUT2D eigenvalue weighted by molar-refractivity contribution is 7.15. The first-order valence-electron chi connectivity index (χ1n) is 19.9. The second kappa shape index (κ2) is 20.8. The highest BCUT2D eigenvalue weighted by atomic mass is 35.5. The third-order valence-corrected chi connectivity index (χ3v) is 11.7. The van der Waals surface area contributed by atoms with Crippen LogP contribution in [0.25, 0.3) is 5.00 Å². The minimum absolute atomic E-state index is 0.101. The van der Waals surface area contributed by atoms with Crippen LogP contribution in [0.15, 0.2) is 108 Å². The van der Waals surface area contributed by atoms with E-state index in [0.717, 1.165) is 44.5 Å². The summed E-state index contributed by atoms with van der Waals surface area (Å²) < 4.78 is 25.2. The second-order valence-corrected chi connectivity index (χ2v) is 16.1. The maximum Gasteiger partial charge on any atom is 0.242 e. The van der Waals surface area contributed by atoms with Gasteiger partial charge in [0.25, 0.3) is 0 Å². The second-order valence-electron chi connectivity index (χ2n) is 14.2. The lowest BCUT2D eigenvalue weighted by Crippen LogP contribution is -2.31. The summed E-state index contributed by atoms with van der Waals surface area (Å²) in [6, 6.07) is 31.5. The van der Waals surface area contributed by atoms with Gasteiger partial charge in [-0.3, -0.25) is 19.1 Å². The number of nitrogens with zero attached hydrogens (tertiary/aromatic N) is 5. The quantitative estimate of drug-likeness (QED) is 0.0631. The standard InChI is InChI=1S/C46H46Cl2N6O6S/c1-30-31(2)61-46-43(30)44(34-9-11-35(48)12-10-34)50-40(45-52-51-32(3)54(45)46)27-41(55)49-21-22-57-23-24-58-25-26-59-37-17-19-39(20-18-37)60-38-15-13-36(14-16-38)53(42(56)28-47)29-33-7-5-4-6-8-33/h4-20,40H,21-29H2,1-3H3,(H,49,55). The molecule has 2 aromatic heterocycles. The summed E-state index contributed by atoms with van der Waals surface area (Å²) in [5.41, 5.74) is 5.62. The fraction of sp³-hybridized carbons (Fsp3) is 0.283. The van der Waals surface area contributed by atoms with E-state index in [4.69, 9.17) is 47.1 Å². The van der Waals surface area contributed by atoms with E-state index in [9.17, 15) is 9.59 Å². The number of carbonyl (C=O) groups is 2. The third kappa shape index (κ3) is 11.0. The maximum absolute atomic E-state index is 13.2. The topological polar surface area (TPSA) is 129 Å². The fourth-order valence-corrected chi connectivity index (χ4v) is 8.26. The van der Waals surface area contributed by atoms with Crippen molar-refractivity contribution in [3.8, 4) is 22.2 Å². The average molecular weight is 882 g/mol. The van der Waals surface area contributed by atoms with Crippen molar-refractivity contribution in [2.45, 2.75) is 39.8 Å². The summed E-state index contributed by atoms with van der Waals surface area (Å²) >= 11 is 13.8. The molecule has 316 valence electrons. The molecular weight excluding hydrogens is 836 g/mol. The fourth-order valence-electron chi connectivity index (χ4n) is 6.78. The Bertz CT molecular complexity index is 2440. The smallest absolute Gasteiger partial charge is 0.242 e. The van der Waals surface area contributed by atoms with E-state index in [2.05, 4.69) is 29.4 Å². The molecule has 0 bridgehead atoms. The molecule has 3 heterocycles. The number of anilines is 1. The molecule has 1 unspecified atom stereocenters. The van der Waals surface area contributed by atoms with Crippen LogP contribution in [0.2, 0.25) is 5.02 Å². The molecule has 1 aliphatic heterocycles. The number of nitrogens with one attached hydrogen (secondary N) is 1. The van der Waals surface area contributed by atoms with E-state index >= 15 is 0 Å². The molecule has 15 heteroatoms. The third-order valence-electron chi connectivity index (χ3n) is 9.98. The Labute approximate surface area is 369 Å². The number of thiophene rings is 1. The summed E-state index contributed by atoms with van der Waals surface area (Å²) in [4.78, 5) is 33.8. The molecule has 1 atom stereocenters. The van der Waals surface area contributed by atoms with Crippen LogP contribution >= 0.6 is 34.5 Å². The molecule has 0 aliphatic carbocycles. The Morgan fingerprint density at radius 2 is 1.46 bits per heavy atom. The largest absolute Gasteiger partial charge is 0.491 e. The summed E-state index contributed by atoms with van der Waals surface area (Å²) in [5.74, 6) is 2.87. The van der Waals surface area contributed by atoms with E-state index < -0.39 is 6.04 Å². The van der Waals surface area contributed by atoms with Crippen LogP contribution in [0.4, 0.5) is 5.69 Å². The van der Waals surface area contributed by atoms with Crippen LogP contribution in [-0.4, -0.2) is 77.7 Å². The number of ether oxygens (including phenoxy) is 4. The first-order chi connectivity index (χ1) is 29.7. The first-order valence-corrected chi connectivity index (χ1v) is 21.6. The number of alkyl halides is 1. The average Bonchev–Trinajstić information content (AvgIpc) is 3.76. The van der Waals surface area contributed by atoms with Gasteiger partial charge in [0.15, 0.2) is 5.82 Å². The Kier molecular flexibility index (Phi) is 14.8. The molecule has 2 amide bonds. The number of fused-ring (bicyclic) bond motifs is 3. The van der Waals surface area contributed by atoms with Gasteiger partial charge in [-0.1, -0.05) is 54.1 Å². The van der Waals surface area contributed by atoms with Crippen molar-refractivity contribution < 1.29 is 28.5 Å². The minimum atomic E-state index is -0.545. The van der Waals surface area contributed by atoms with Crippen molar-refractivity contribution in [2.75, 3.05) is 50.4 Å². The lowest BCUT2D eigenvalue weighted by molar-refractivity contribution is -0.121. The van der Waals surface area contributed by atoms with Gasteiger partial charge in [-0.15, -0.1) is 33.1 Å². The van der Waals surface area contributed by atoms with Crippen LogP contribution in [0, 0.1) is 20.8 Å². The number of aromatic nitrogens is 3. The first kappa shape index (κ1) is 43.5. The molecule has 0 saturated carbocycles. The molecule has 12 nitrogen and oxygen atoms in total. The molecule has 1 aliphatic rings. The Morgan fingerprint density at radius 1 is 0.803 bits per heavy atom. The predicted octanol–water partition coefficient (Wildman–Crippen LogP) is 8.98. The number of hydrogen-bond acceptors (Lipinski definition) is 10. The van der Waals surface area contributed by atoms with E-state index in [1.807, 2.05) is 115 Å². The zero-order valence-electron chi connectivity index (χ0n) is 34.1. The van der Waals surface area contributed by atoms with Gasteiger partial charge in [0.2, 0.25) is 11.8 Å². The summed E-state index contributed by atoms with van der Waals surface area (Å²) in [6.45, 7) is 8.71. The molecule has 1 N–H and O–H groups in total. The van der Waals surface area contributed by atoms with Crippen molar-refractivity contribution in [3.05, 3.63) is 147 Å². The monoisotopic (exact) mass is 880 g/mol. The normalized spacial score (nSPS) is 13.1. The molecular formula is C46H46Cl2N6O6S. The molecule has 0 saturated heterocycles. The van der Waals surface area contributed by atoms with E-state index in [0.29, 0.717) is 74.2 Å². The number of rotatable bonds is 19. The van der Waals surface area contributed by atoms with Gasteiger partial charge in [0.05, 0.1) is 45.1 Å². The number of aliphatic imine (C=N–C) groups is 1. The molecule has 61 heavy (non-hydrogen) atoms. The molecule has 0 fully saturated rings. The zero-order valence-corrected chi connectivity index (χ0v) is 36.4. The molecule has 0 radical (unpaired) electrons. The van der Waals surface area contributed by atoms with Crippen LogP contribution < -0.4 is 19.7 Å². The number of amides is 2. The SMILES string of the molecule is Cc1sc2c(c1C)C(c1ccc(Cl)cc1)=NC(CC(=O)NCCOCCOCCOc1ccc(Oc3ccc(N(Cc4ccccc4)C(=O)CCl)cc3)cc1)c1nnc(C)n1-2. The predicted molar refractivity (Wildman–Crippen MR) is 239 cm³/mol. The van der Waals surface area contributed by atoms with Gasteiger partial charge in [-0.2, -0.15) is 0 Å². The van der Waals surface area contributed by atoms with E-state index in [-0.39, 0.29) is 24.1 Å². The molecule has 7 rings (SSSR count). The maximum atomic E-state index is 13.2. The lowest BCUT2D eigenvalue weighted by Gasteiger charge is -2.22. The lowest BCUT2D eigenvalue weighted by atomic mass is 9.99. The van der Waals surface area contributed by atoms with Gasteiger partial charge < -0.3 is 29.2 Å². The molecule has 6 aromatic rings. The van der Waals surface area contributed by atoms with Crippen molar-refractivity contribution >= 4 is 57.8 Å². The van der Waals surface area contributed by atoms with Gasteiger partial charge in [0, 0.05) is 33.3 Å². The Morgan fingerprint density at radius 3 is 2.16 bits per heavy atom. The van der Waals surface area contributed by atoms with Gasteiger partial charge in [0.1, 0.15) is 46.6 Å². The number of aryl methyl sites for hydroxylation is 2. The Balaban J connectivity index is 0.802. The van der Waals surface area contributed by atoms with Gasteiger partial charge >= 0.3 is 0 Å². The number of carbonyl (C=O) groups excluding carboxylic acids is 2. The number of benzene rings is 4. The molecule has 4 aromatic carbocycles. The van der Waals surface area contributed by atoms with Gasteiger partial charge in [-0.25, -0.2) is 0 Å². The van der Waals surface area contributed by atoms with Crippen molar-refractivity contribution in [1.82, 2.24) is 20.1 Å². The highest BCUT2D eigenvalue weighted by Crippen LogP contribution is 2.39. The van der Waals surface area contributed by atoms with Crippen molar-refractivity contribution in [3.63, 3.8) is 0 Å². The van der Waals surface area contributed by atoms with Crippen LogP contribution in [0.1, 0.15) is 51.2 Å². The number of halogens is 2. The van der Waals surface area contributed by atoms with Gasteiger partial charge in [-0.05, 0) is 92.6 Å². The summed E-state index contributed by atoms with van der Waals surface area (Å²) in [7, 11) is 0. The van der Waals surface area contributed by atoms with Crippen LogP contribution in [0.5, 0.6) is 17.2 Å². The summed E-state index contributed by atoms with van der Waals surface area (Å²) in [5, 5.41) is 13.4. The van der Waals surface area contributed by atoms with E-state index in [1.165, 1.54) is 4.88 Å². The number of hydrogen-bond donors (Lipinski definition) is 1. The zero-order chi connectivity index (χ0) is 42.7. The van der Waals surface area contributed by atoms with E-state index in [1.54, 1.807) is 16.2 Å². The summed E-state index contributed by atoms with van der Waals surface area (Å²) in [6.07, 6.45) is 0.101. The van der Waals surface area contributed by atoms with Crippen LogP contribution in [-0.2, 0) is 25.6 Å². The highest BCUT2D eigenvalue weighted by Gasteiger charge is 2.32. The minimum Gasteiger partial charge on any atom is -0.491 e. The Hall–Kier alpha value is -5.57. The van der Waals surface area contributed by atoms with Crippen molar-refractivity contribution in [2.24, 2.45) is 4.99 Å².